The van der Waals surface area contributed by atoms with E-state index in [4.69, 9.17) is 10.00 Å². The number of rotatable bonds is 3. The molecule has 0 spiro atoms. The van der Waals surface area contributed by atoms with Crippen LogP contribution < -0.4 is 4.74 Å². The van der Waals surface area contributed by atoms with Gasteiger partial charge in [-0.3, -0.25) is 4.79 Å². The van der Waals surface area contributed by atoms with Gasteiger partial charge in [0.15, 0.2) is 6.61 Å². The number of carbonyl (C=O) groups excluding carboxylic acids is 1. The summed E-state index contributed by atoms with van der Waals surface area (Å²) >= 11 is 0. The molecule has 22 heavy (non-hydrogen) atoms. The summed E-state index contributed by atoms with van der Waals surface area (Å²) in [5.74, 6) is 2.03. The van der Waals surface area contributed by atoms with E-state index in [-0.39, 0.29) is 12.5 Å². The third kappa shape index (κ3) is 3.24. The highest BCUT2D eigenvalue weighted by Crippen LogP contribution is 2.36. The van der Waals surface area contributed by atoms with Gasteiger partial charge in [0.05, 0.1) is 5.56 Å². The standard InChI is InChI=1S/C18H22N2O2/c19-11-15-6-3-4-8-17(15)22-13-18(21)20-10-9-14-5-1-2-7-16(14)12-20/h3-4,6,8,14,16H,1-2,5,7,9-10,12-13H2/t14-,16-/m0/s1. The van der Waals surface area contributed by atoms with E-state index in [9.17, 15) is 4.79 Å². The molecule has 0 N–H and O–H groups in total. The van der Waals surface area contributed by atoms with Crippen molar-refractivity contribution in [2.45, 2.75) is 32.1 Å². The summed E-state index contributed by atoms with van der Waals surface area (Å²) < 4.78 is 5.57. The number of fused-ring (bicyclic) bond motifs is 1. The molecule has 0 bridgehead atoms. The highest BCUT2D eigenvalue weighted by molar-refractivity contribution is 5.78. The number of piperidine rings is 1. The Morgan fingerprint density at radius 3 is 2.82 bits per heavy atom. The second-order valence-corrected chi connectivity index (χ2v) is 6.33. The van der Waals surface area contributed by atoms with E-state index in [2.05, 4.69) is 6.07 Å². The number of para-hydroxylation sites is 1. The molecule has 1 aromatic carbocycles. The molecule has 1 aliphatic carbocycles. The average Bonchev–Trinajstić information content (AvgIpc) is 2.59. The van der Waals surface area contributed by atoms with Gasteiger partial charge in [-0.2, -0.15) is 5.26 Å². The third-order valence-corrected chi connectivity index (χ3v) is 5.00. The molecule has 3 rings (SSSR count). The zero-order chi connectivity index (χ0) is 15.4. The van der Waals surface area contributed by atoms with Crippen molar-refractivity contribution in [3.05, 3.63) is 29.8 Å². The van der Waals surface area contributed by atoms with Crippen LogP contribution in [-0.4, -0.2) is 30.5 Å². The van der Waals surface area contributed by atoms with Crippen molar-refractivity contribution in [2.75, 3.05) is 19.7 Å². The first-order valence-electron chi connectivity index (χ1n) is 8.17. The minimum Gasteiger partial charge on any atom is -0.482 e. The van der Waals surface area contributed by atoms with E-state index in [1.165, 1.54) is 25.7 Å². The number of nitrogens with zero attached hydrogens (tertiary/aromatic N) is 2. The number of hydrogen-bond donors (Lipinski definition) is 0. The van der Waals surface area contributed by atoms with Crippen LogP contribution in [-0.2, 0) is 4.79 Å². The van der Waals surface area contributed by atoms with Crippen LogP contribution in [0.3, 0.4) is 0 Å². The summed E-state index contributed by atoms with van der Waals surface area (Å²) in [5, 5.41) is 9.04. The first-order chi connectivity index (χ1) is 10.8. The zero-order valence-electron chi connectivity index (χ0n) is 12.8. The van der Waals surface area contributed by atoms with Gasteiger partial charge in [-0.05, 0) is 36.8 Å². The monoisotopic (exact) mass is 298 g/mol. The molecule has 4 nitrogen and oxygen atoms in total. The molecule has 1 aromatic rings. The molecule has 1 aliphatic heterocycles. The van der Waals surface area contributed by atoms with Crippen LogP contribution in [0, 0.1) is 23.2 Å². The van der Waals surface area contributed by atoms with E-state index in [0.29, 0.717) is 17.2 Å². The summed E-state index contributed by atoms with van der Waals surface area (Å²) in [7, 11) is 0. The van der Waals surface area contributed by atoms with Gasteiger partial charge in [0, 0.05) is 13.1 Å². The summed E-state index contributed by atoms with van der Waals surface area (Å²) in [5.41, 5.74) is 0.473. The predicted octanol–water partition coefficient (Wildman–Crippen LogP) is 2.98. The molecule has 1 heterocycles. The molecule has 2 atom stereocenters. The van der Waals surface area contributed by atoms with Crippen LogP contribution in [0.15, 0.2) is 24.3 Å². The van der Waals surface area contributed by atoms with Gasteiger partial charge >= 0.3 is 0 Å². The van der Waals surface area contributed by atoms with Gasteiger partial charge in [-0.25, -0.2) is 0 Å². The lowest BCUT2D eigenvalue weighted by molar-refractivity contribution is -0.136. The summed E-state index contributed by atoms with van der Waals surface area (Å²) in [6.45, 7) is 1.76. The van der Waals surface area contributed by atoms with Gasteiger partial charge < -0.3 is 9.64 Å². The third-order valence-electron chi connectivity index (χ3n) is 5.00. The van der Waals surface area contributed by atoms with Crippen molar-refractivity contribution in [1.82, 2.24) is 4.90 Å². The Morgan fingerprint density at radius 2 is 2.00 bits per heavy atom. The largest absolute Gasteiger partial charge is 0.482 e. The number of benzene rings is 1. The maximum absolute atomic E-state index is 12.4. The van der Waals surface area contributed by atoms with Gasteiger partial charge in [-0.1, -0.05) is 31.4 Å². The minimum absolute atomic E-state index is 0.0239. The molecule has 0 aromatic heterocycles. The van der Waals surface area contributed by atoms with Gasteiger partial charge in [-0.15, -0.1) is 0 Å². The molecule has 2 aliphatic rings. The molecular formula is C18H22N2O2. The van der Waals surface area contributed by atoms with Gasteiger partial charge in [0.2, 0.25) is 0 Å². The summed E-state index contributed by atoms with van der Waals surface area (Å²) in [6.07, 6.45) is 6.37. The molecular weight excluding hydrogens is 276 g/mol. The van der Waals surface area contributed by atoms with Crippen LogP contribution in [0.2, 0.25) is 0 Å². The van der Waals surface area contributed by atoms with Crippen molar-refractivity contribution in [3.8, 4) is 11.8 Å². The normalized spacial score (nSPS) is 24.2. The van der Waals surface area contributed by atoms with E-state index in [1.54, 1.807) is 18.2 Å². The van der Waals surface area contributed by atoms with Crippen molar-refractivity contribution < 1.29 is 9.53 Å². The van der Waals surface area contributed by atoms with Crippen molar-refractivity contribution in [1.29, 1.82) is 5.26 Å². The average molecular weight is 298 g/mol. The molecule has 116 valence electrons. The van der Waals surface area contributed by atoms with E-state index in [0.717, 1.165) is 25.4 Å². The topological polar surface area (TPSA) is 53.3 Å². The maximum atomic E-state index is 12.4. The Morgan fingerprint density at radius 1 is 1.23 bits per heavy atom. The van der Waals surface area contributed by atoms with E-state index >= 15 is 0 Å². The van der Waals surface area contributed by atoms with E-state index in [1.807, 2.05) is 11.0 Å². The minimum atomic E-state index is 0.0239. The Labute approximate surface area is 131 Å². The quantitative estimate of drug-likeness (QED) is 0.862. The van der Waals surface area contributed by atoms with Crippen LogP contribution >= 0.6 is 0 Å². The molecule has 1 amide bonds. The maximum Gasteiger partial charge on any atom is 0.260 e. The number of amides is 1. The highest BCUT2D eigenvalue weighted by Gasteiger charge is 2.32. The smallest absolute Gasteiger partial charge is 0.260 e. The molecule has 1 saturated heterocycles. The molecule has 1 saturated carbocycles. The molecule has 0 radical (unpaired) electrons. The predicted molar refractivity (Wildman–Crippen MR) is 83.3 cm³/mol. The number of likely N-dealkylation sites (tertiary alicyclic amines) is 1. The summed E-state index contributed by atoms with van der Waals surface area (Å²) in [4.78, 5) is 14.3. The lowest BCUT2D eigenvalue weighted by atomic mass is 9.75. The fourth-order valence-electron chi connectivity index (χ4n) is 3.74. The number of ether oxygens (including phenoxy) is 1. The second-order valence-electron chi connectivity index (χ2n) is 6.33. The van der Waals surface area contributed by atoms with Gasteiger partial charge in [0.1, 0.15) is 11.8 Å². The lowest BCUT2D eigenvalue weighted by Gasteiger charge is -2.41. The van der Waals surface area contributed by atoms with Crippen LogP contribution in [0.4, 0.5) is 0 Å². The Hall–Kier alpha value is -2.02. The second kappa shape index (κ2) is 6.83. The molecule has 4 heteroatoms. The summed E-state index contributed by atoms with van der Waals surface area (Å²) in [6, 6.07) is 9.13. The lowest BCUT2D eigenvalue weighted by Crippen LogP contribution is -2.46. The Bertz CT molecular complexity index is 579. The van der Waals surface area contributed by atoms with Gasteiger partial charge in [0.25, 0.3) is 5.91 Å². The van der Waals surface area contributed by atoms with Crippen LogP contribution in [0.5, 0.6) is 5.75 Å². The Kier molecular flexibility index (Phi) is 4.62. The van der Waals surface area contributed by atoms with Crippen LogP contribution in [0.25, 0.3) is 0 Å². The Balaban J connectivity index is 1.55. The fraction of sp³-hybridized carbons (Fsp3) is 0.556. The SMILES string of the molecule is N#Cc1ccccc1OCC(=O)N1CC[C@@H]2CCCC[C@H]2C1. The van der Waals surface area contributed by atoms with Crippen LogP contribution in [0.1, 0.15) is 37.7 Å². The number of carbonyl (C=O) groups is 1. The molecule has 0 unspecified atom stereocenters. The fourth-order valence-corrected chi connectivity index (χ4v) is 3.74. The van der Waals surface area contributed by atoms with Crippen molar-refractivity contribution in [3.63, 3.8) is 0 Å². The molecule has 2 fully saturated rings. The van der Waals surface area contributed by atoms with Crippen molar-refractivity contribution >= 4 is 5.91 Å². The zero-order valence-corrected chi connectivity index (χ0v) is 12.8. The highest BCUT2D eigenvalue weighted by atomic mass is 16.5. The first kappa shape index (κ1) is 14.9. The van der Waals surface area contributed by atoms with E-state index < -0.39 is 0 Å². The first-order valence-corrected chi connectivity index (χ1v) is 8.17. The van der Waals surface area contributed by atoms with Crippen molar-refractivity contribution in [2.24, 2.45) is 11.8 Å². The number of hydrogen-bond acceptors (Lipinski definition) is 3. The number of nitriles is 1.